The van der Waals surface area contributed by atoms with Crippen LogP contribution in [-0.2, 0) is 0 Å². The third kappa shape index (κ3) is 11.6. The average Bonchev–Trinajstić information content (AvgIpc) is 2.46. The minimum Gasteiger partial charge on any atom is -0.330 e. The van der Waals surface area contributed by atoms with E-state index in [1.165, 1.54) is 44.9 Å². The van der Waals surface area contributed by atoms with Gasteiger partial charge in [0.25, 0.3) is 0 Å². The number of rotatable bonds is 15. The van der Waals surface area contributed by atoms with Crippen molar-refractivity contribution in [3.8, 4) is 0 Å². The van der Waals surface area contributed by atoms with Crippen molar-refractivity contribution >= 4 is 0 Å². The standard InChI is InChI=1S/C16H38N4/c17-12-6-1-3-9-15(10-5-8-14-19)16(20)11-4-2-7-13-18/h15-16H,1-14,17-20H2. The molecule has 2 atom stereocenters. The van der Waals surface area contributed by atoms with Gasteiger partial charge in [0.1, 0.15) is 0 Å². The molecule has 2 unspecified atom stereocenters. The first kappa shape index (κ1) is 19.8. The fraction of sp³-hybridized carbons (Fsp3) is 1.00. The lowest BCUT2D eigenvalue weighted by Crippen LogP contribution is -2.30. The van der Waals surface area contributed by atoms with Gasteiger partial charge < -0.3 is 22.9 Å². The van der Waals surface area contributed by atoms with Crippen molar-refractivity contribution in [3.63, 3.8) is 0 Å². The monoisotopic (exact) mass is 286 g/mol. The zero-order chi connectivity index (χ0) is 15.1. The second-order valence-electron chi connectivity index (χ2n) is 5.98. The molecule has 122 valence electrons. The summed E-state index contributed by atoms with van der Waals surface area (Å²) in [6.45, 7) is 2.41. The lowest BCUT2D eigenvalue weighted by atomic mass is 9.86. The molecular weight excluding hydrogens is 248 g/mol. The summed E-state index contributed by atoms with van der Waals surface area (Å²) in [6.07, 6.45) is 13.2. The Balaban J connectivity index is 3.92. The van der Waals surface area contributed by atoms with Crippen molar-refractivity contribution in [2.45, 2.75) is 76.7 Å². The summed E-state index contributed by atoms with van der Waals surface area (Å²) >= 11 is 0. The Morgan fingerprint density at radius 3 is 1.40 bits per heavy atom. The van der Waals surface area contributed by atoms with Crippen molar-refractivity contribution in [2.24, 2.45) is 28.9 Å². The highest BCUT2D eigenvalue weighted by atomic mass is 14.6. The summed E-state index contributed by atoms with van der Waals surface area (Å²) in [7, 11) is 0. The fourth-order valence-electron chi connectivity index (χ4n) is 2.79. The van der Waals surface area contributed by atoms with E-state index in [4.69, 9.17) is 22.9 Å². The molecule has 0 bridgehead atoms. The second kappa shape index (κ2) is 15.2. The minimum atomic E-state index is 0.350. The van der Waals surface area contributed by atoms with Crippen LogP contribution in [-0.4, -0.2) is 25.7 Å². The Morgan fingerprint density at radius 1 is 0.500 bits per heavy atom. The molecule has 0 saturated heterocycles. The molecule has 0 spiro atoms. The summed E-state index contributed by atoms with van der Waals surface area (Å²) in [5, 5.41) is 0. The van der Waals surface area contributed by atoms with Crippen LogP contribution < -0.4 is 22.9 Å². The van der Waals surface area contributed by atoms with Gasteiger partial charge >= 0.3 is 0 Å². The predicted molar refractivity (Wildman–Crippen MR) is 89.4 cm³/mol. The van der Waals surface area contributed by atoms with Gasteiger partial charge in [0.05, 0.1) is 0 Å². The number of hydrogen-bond donors (Lipinski definition) is 4. The predicted octanol–water partition coefficient (Wildman–Crippen LogP) is 2.10. The molecule has 0 amide bonds. The molecule has 0 aromatic heterocycles. The van der Waals surface area contributed by atoms with Crippen molar-refractivity contribution in [1.29, 1.82) is 0 Å². The SMILES string of the molecule is NCCCCCC(N)C(CCCCN)CCCCCN. The lowest BCUT2D eigenvalue weighted by Gasteiger charge is -2.24. The Bertz CT molecular complexity index is 187. The minimum absolute atomic E-state index is 0.350. The maximum atomic E-state index is 6.41. The van der Waals surface area contributed by atoms with Crippen LogP contribution in [0.5, 0.6) is 0 Å². The molecule has 0 aliphatic rings. The van der Waals surface area contributed by atoms with E-state index in [2.05, 4.69) is 0 Å². The fourth-order valence-corrected chi connectivity index (χ4v) is 2.79. The third-order valence-electron chi connectivity index (χ3n) is 4.16. The Labute approximate surface area is 126 Å². The van der Waals surface area contributed by atoms with Crippen LogP contribution in [0.25, 0.3) is 0 Å². The summed E-state index contributed by atoms with van der Waals surface area (Å²) in [6, 6.07) is 0.350. The van der Waals surface area contributed by atoms with E-state index in [-0.39, 0.29) is 0 Å². The summed E-state index contributed by atoms with van der Waals surface area (Å²) < 4.78 is 0. The van der Waals surface area contributed by atoms with Crippen LogP contribution in [0.4, 0.5) is 0 Å². The molecule has 0 aromatic carbocycles. The second-order valence-corrected chi connectivity index (χ2v) is 5.98. The van der Waals surface area contributed by atoms with E-state index in [0.717, 1.165) is 45.3 Å². The highest BCUT2D eigenvalue weighted by Crippen LogP contribution is 2.22. The van der Waals surface area contributed by atoms with Crippen molar-refractivity contribution in [1.82, 2.24) is 0 Å². The van der Waals surface area contributed by atoms with Gasteiger partial charge in [-0.25, -0.2) is 0 Å². The van der Waals surface area contributed by atoms with E-state index in [0.29, 0.717) is 12.0 Å². The first-order chi connectivity index (χ1) is 9.76. The smallest absolute Gasteiger partial charge is 0.00671 e. The van der Waals surface area contributed by atoms with Gasteiger partial charge in [-0.3, -0.25) is 0 Å². The number of nitrogens with two attached hydrogens (primary N) is 4. The molecule has 4 nitrogen and oxygen atoms in total. The van der Waals surface area contributed by atoms with Crippen LogP contribution in [0.15, 0.2) is 0 Å². The first-order valence-electron chi connectivity index (χ1n) is 8.62. The molecule has 0 aromatic rings. The average molecular weight is 287 g/mol. The molecule has 8 N–H and O–H groups in total. The molecule has 4 heteroatoms. The van der Waals surface area contributed by atoms with Crippen LogP contribution in [0.3, 0.4) is 0 Å². The summed E-state index contributed by atoms with van der Waals surface area (Å²) in [4.78, 5) is 0. The molecule has 20 heavy (non-hydrogen) atoms. The molecule has 0 aliphatic carbocycles. The maximum Gasteiger partial charge on any atom is 0.00671 e. The molecule has 0 fully saturated rings. The highest BCUT2D eigenvalue weighted by Gasteiger charge is 2.16. The van der Waals surface area contributed by atoms with Crippen molar-refractivity contribution in [3.05, 3.63) is 0 Å². The van der Waals surface area contributed by atoms with Gasteiger partial charge in [0.15, 0.2) is 0 Å². The molecule has 0 rings (SSSR count). The highest BCUT2D eigenvalue weighted by molar-refractivity contribution is 4.73. The van der Waals surface area contributed by atoms with Crippen LogP contribution in [0.2, 0.25) is 0 Å². The summed E-state index contributed by atoms with van der Waals surface area (Å²) in [5.74, 6) is 0.664. The van der Waals surface area contributed by atoms with Crippen LogP contribution in [0, 0.1) is 5.92 Å². The van der Waals surface area contributed by atoms with E-state index >= 15 is 0 Å². The molecule has 0 heterocycles. The molecular formula is C16H38N4. The van der Waals surface area contributed by atoms with Crippen molar-refractivity contribution in [2.75, 3.05) is 19.6 Å². The van der Waals surface area contributed by atoms with E-state index < -0.39 is 0 Å². The van der Waals surface area contributed by atoms with E-state index in [1.54, 1.807) is 0 Å². The van der Waals surface area contributed by atoms with E-state index in [9.17, 15) is 0 Å². The van der Waals surface area contributed by atoms with Crippen molar-refractivity contribution < 1.29 is 0 Å². The van der Waals surface area contributed by atoms with Crippen LogP contribution >= 0.6 is 0 Å². The normalized spacial score (nSPS) is 14.4. The zero-order valence-electron chi connectivity index (χ0n) is 13.4. The van der Waals surface area contributed by atoms with Gasteiger partial charge in [0.2, 0.25) is 0 Å². The Hall–Kier alpha value is -0.160. The molecule has 0 aliphatic heterocycles. The quantitative estimate of drug-likeness (QED) is 0.346. The molecule has 0 radical (unpaired) electrons. The van der Waals surface area contributed by atoms with E-state index in [1.807, 2.05) is 0 Å². The lowest BCUT2D eigenvalue weighted by molar-refractivity contribution is 0.325. The van der Waals surface area contributed by atoms with Crippen LogP contribution in [0.1, 0.15) is 70.6 Å². The Morgan fingerprint density at radius 2 is 0.900 bits per heavy atom. The topological polar surface area (TPSA) is 104 Å². The Kier molecular flexibility index (Phi) is 15.1. The first-order valence-corrected chi connectivity index (χ1v) is 8.62. The summed E-state index contributed by atoms with van der Waals surface area (Å²) in [5.41, 5.74) is 23.1. The van der Waals surface area contributed by atoms with Gasteiger partial charge in [-0.15, -0.1) is 0 Å². The van der Waals surface area contributed by atoms with Gasteiger partial charge in [-0.1, -0.05) is 32.1 Å². The number of hydrogen-bond acceptors (Lipinski definition) is 4. The van der Waals surface area contributed by atoms with Gasteiger partial charge in [-0.05, 0) is 64.1 Å². The number of unbranched alkanes of at least 4 members (excludes halogenated alkanes) is 5. The largest absolute Gasteiger partial charge is 0.330 e. The maximum absolute atomic E-state index is 6.41. The zero-order valence-corrected chi connectivity index (χ0v) is 13.4. The van der Waals surface area contributed by atoms with Gasteiger partial charge in [0, 0.05) is 6.04 Å². The third-order valence-corrected chi connectivity index (χ3v) is 4.16. The van der Waals surface area contributed by atoms with Gasteiger partial charge in [-0.2, -0.15) is 0 Å². The molecule has 0 saturated carbocycles.